The molecular formula is C8H11F6NO. The lowest BCUT2D eigenvalue weighted by molar-refractivity contribution is -0.322. The molecule has 1 heterocycles. The van der Waals surface area contributed by atoms with Crippen LogP contribution in [-0.2, 0) is 4.74 Å². The molecule has 0 aromatic rings. The zero-order valence-electron chi connectivity index (χ0n) is 8.16. The summed E-state index contributed by atoms with van der Waals surface area (Å²) < 4.78 is 76.1. The van der Waals surface area contributed by atoms with E-state index in [-0.39, 0.29) is 0 Å². The predicted octanol–water partition coefficient (Wildman–Crippen LogP) is 2.25. The Balaban J connectivity index is 2.51. The van der Waals surface area contributed by atoms with Crippen molar-refractivity contribution in [1.82, 2.24) is 5.32 Å². The highest BCUT2D eigenvalue weighted by Gasteiger charge is 2.58. The summed E-state index contributed by atoms with van der Waals surface area (Å²) in [4.78, 5) is 0. The molecule has 0 radical (unpaired) electrons. The van der Waals surface area contributed by atoms with Crippen molar-refractivity contribution in [2.45, 2.75) is 37.3 Å². The summed E-state index contributed by atoms with van der Waals surface area (Å²) in [7, 11) is 0. The highest BCUT2D eigenvalue weighted by atomic mass is 19.4. The Kier molecular flexibility index (Phi) is 4.06. The maximum absolute atomic E-state index is 12.0. The number of hydrogen-bond acceptors (Lipinski definition) is 2. The average Bonchev–Trinajstić information content (AvgIpc) is 2.51. The maximum atomic E-state index is 12.0. The smallest absolute Gasteiger partial charge is 0.359 e. The number of halogens is 6. The molecule has 0 unspecified atom stereocenters. The second-order valence-electron chi connectivity index (χ2n) is 3.59. The van der Waals surface area contributed by atoms with E-state index in [4.69, 9.17) is 0 Å². The van der Waals surface area contributed by atoms with Crippen LogP contribution in [0.1, 0.15) is 12.8 Å². The summed E-state index contributed by atoms with van der Waals surface area (Å²) in [5, 5.41) is 2.76. The minimum Gasteiger partial charge on any atom is -0.359 e. The van der Waals surface area contributed by atoms with Crippen molar-refractivity contribution >= 4 is 0 Å². The summed E-state index contributed by atoms with van der Waals surface area (Å²) in [6.45, 7) is 0.0143. The van der Waals surface area contributed by atoms with Gasteiger partial charge in [-0.15, -0.1) is 0 Å². The van der Waals surface area contributed by atoms with E-state index in [2.05, 4.69) is 10.1 Å². The van der Waals surface area contributed by atoms with E-state index < -0.39 is 31.1 Å². The minimum absolute atomic E-state index is 0.424. The molecule has 2 nitrogen and oxygen atoms in total. The Labute approximate surface area is 87.9 Å². The van der Waals surface area contributed by atoms with Crippen LogP contribution in [0.15, 0.2) is 0 Å². The van der Waals surface area contributed by atoms with Crippen molar-refractivity contribution in [3.05, 3.63) is 0 Å². The van der Waals surface area contributed by atoms with Gasteiger partial charge in [-0.05, 0) is 19.4 Å². The molecule has 0 spiro atoms. The molecule has 1 aliphatic heterocycles. The van der Waals surface area contributed by atoms with Crippen LogP contribution in [0.4, 0.5) is 26.3 Å². The van der Waals surface area contributed by atoms with Gasteiger partial charge in [-0.2, -0.15) is 26.3 Å². The lowest BCUT2D eigenvalue weighted by atomic mass is 10.2. The fraction of sp³-hybridized carbons (Fsp3) is 1.00. The van der Waals surface area contributed by atoms with E-state index in [0.717, 1.165) is 6.42 Å². The van der Waals surface area contributed by atoms with Gasteiger partial charge in [-0.1, -0.05) is 0 Å². The van der Waals surface area contributed by atoms with Crippen molar-refractivity contribution in [2.75, 3.05) is 13.2 Å². The molecule has 0 bridgehead atoms. The number of hydrogen-bond donors (Lipinski definition) is 1. The van der Waals surface area contributed by atoms with E-state index >= 15 is 0 Å². The third-order valence-corrected chi connectivity index (χ3v) is 2.22. The Morgan fingerprint density at radius 1 is 1.12 bits per heavy atom. The van der Waals surface area contributed by atoms with Crippen LogP contribution in [0.3, 0.4) is 0 Å². The van der Waals surface area contributed by atoms with E-state index in [0.29, 0.717) is 13.0 Å². The molecule has 16 heavy (non-hydrogen) atoms. The fourth-order valence-corrected chi connectivity index (χ4v) is 1.49. The number of rotatable bonds is 3. The summed E-state index contributed by atoms with van der Waals surface area (Å²) in [6.07, 6.45) is -13.3. The zero-order chi connectivity index (χ0) is 12.4. The summed E-state index contributed by atoms with van der Waals surface area (Å²) in [5.41, 5.74) is 0. The summed E-state index contributed by atoms with van der Waals surface area (Å²) >= 11 is 0. The van der Waals surface area contributed by atoms with Gasteiger partial charge >= 0.3 is 12.4 Å². The number of nitrogens with one attached hydrogen (secondary N) is 1. The lowest BCUT2D eigenvalue weighted by Crippen LogP contribution is -2.46. The van der Waals surface area contributed by atoms with Gasteiger partial charge in [-0.3, -0.25) is 0 Å². The third-order valence-electron chi connectivity index (χ3n) is 2.22. The molecule has 0 aromatic carbocycles. The van der Waals surface area contributed by atoms with Crippen LogP contribution in [-0.4, -0.2) is 37.7 Å². The molecule has 1 aliphatic rings. The minimum atomic E-state index is -5.42. The fourth-order valence-electron chi connectivity index (χ4n) is 1.49. The molecule has 0 amide bonds. The molecule has 0 aromatic heterocycles. The van der Waals surface area contributed by atoms with Crippen molar-refractivity contribution in [2.24, 2.45) is 0 Å². The normalized spacial score (nSPS) is 23.1. The first-order chi connectivity index (χ1) is 7.21. The van der Waals surface area contributed by atoms with Gasteiger partial charge in [0, 0.05) is 6.04 Å². The zero-order valence-corrected chi connectivity index (χ0v) is 8.16. The lowest BCUT2D eigenvalue weighted by Gasteiger charge is -2.24. The molecule has 1 saturated heterocycles. The van der Waals surface area contributed by atoms with Gasteiger partial charge in [0.05, 0.1) is 6.61 Å². The van der Waals surface area contributed by atoms with E-state index in [9.17, 15) is 26.3 Å². The monoisotopic (exact) mass is 251 g/mol. The third kappa shape index (κ3) is 3.82. The number of ether oxygens (including phenoxy) is 1. The first kappa shape index (κ1) is 13.6. The summed E-state index contributed by atoms with van der Waals surface area (Å²) in [5.74, 6) is 0. The standard InChI is InChI=1S/C8H11F6NO/c9-7(10,11)6(8(12,13)14)16-4-5-2-1-3-15-5/h5-6,15H,1-4H2/t5-/m1/s1. The van der Waals surface area contributed by atoms with E-state index in [1.807, 2.05) is 0 Å². The van der Waals surface area contributed by atoms with Crippen LogP contribution >= 0.6 is 0 Å². The molecular weight excluding hydrogens is 240 g/mol. The van der Waals surface area contributed by atoms with Gasteiger partial charge in [-0.25, -0.2) is 0 Å². The Bertz CT molecular complexity index is 206. The molecule has 1 rings (SSSR count). The Hall–Kier alpha value is -0.500. The highest BCUT2D eigenvalue weighted by Crippen LogP contribution is 2.35. The first-order valence-corrected chi connectivity index (χ1v) is 4.69. The summed E-state index contributed by atoms with van der Waals surface area (Å²) in [6, 6.07) is -0.424. The molecule has 96 valence electrons. The van der Waals surface area contributed by atoms with Crippen LogP contribution in [0.2, 0.25) is 0 Å². The van der Waals surface area contributed by atoms with Gasteiger partial charge in [0.1, 0.15) is 0 Å². The highest BCUT2D eigenvalue weighted by molar-refractivity contribution is 4.79. The van der Waals surface area contributed by atoms with Gasteiger partial charge in [0.2, 0.25) is 6.10 Å². The molecule has 0 saturated carbocycles. The quantitative estimate of drug-likeness (QED) is 0.777. The van der Waals surface area contributed by atoms with Crippen LogP contribution in [0, 0.1) is 0 Å². The van der Waals surface area contributed by atoms with Gasteiger partial charge in [0.15, 0.2) is 0 Å². The van der Waals surface area contributed by atoms with Gasteiger partial charge in [0.25, 0.3) is 0 Å². The van der Waals surface area contributed by atoms with Gasteiger partial charge < -0.3 is 10.1 Å². The second-order valence-corrected chi connectivity index (χ2v) is 3.59. The molecule has 8 heteroatoms. The van der Waals surface area contributed by atoms with Crippen LogP contribution in [0.25, 0.3) is 0 Å². The van der Waals surface area contributed by atoms with Crippen molar-refractivity contribution in [1.29, 1.82) is 0 Å². The molecule has 0 aliphatic carbocycles. The van der Waals surface area contributed by atoms with Crippen molar-refractivity contribution < 1.29 is 31.1 Å². The largest absolute Gasteiger partial charge is 0.423 e. The molecule has 1 atom stereocenters. The molecule has 1 fully saturated rings. The second kappa shape index (κ2) is 4.79. The topological polar surface area (TPSA) is 21.3 Å². The first-order valence-electron chi connectivity index (χ1n) is 4.69. The Morgan fingerprint density at radius 3 is 2.06 bits per heavy atom. The molecule has 1 N–H and O–H groups in total. The maximum Gasteiger partial charge on any atom is 0.423 e. The number of alkyl halides is 6. The average molecular weight is 251 g/mol. The predicted molar refractivity (Wildman–Crippen MR) is 42.9 cm³/mol. The Morgan fingerprint density at radius 2 is 1.69 bits per heavy atom. The van der Waals surface area contributed by atoms with E-state index in [1.165, 1.54) is 0 Å². The van der Waals surface area contributed by atoms with Crippen LogP contribution in [0.5, 0.6) is 0 Å². The van der Waals surface area contributed by atoms with Crippen LogP contribution < -0.4 is 5.32 Å². The van der Waals surface area contributed by atoms with Crippen molar-refractivity contribution in [3.63, 3.8) is 0 Å². The van der Waals surface area contributed by atoms with E-state index in [1.54, 1.807) is 0 Å². The SMILES string of the molecule is FC(F)(F)C(OC[C@H]1CCCN1)C(F)(F)F. The van der Waals surface area contributed by atoms with Crippen molar-refractivity contribution in [3.8, 4) is 0 Å².